The molecule has 0 bridgehead atoms. The molecule has 6 aromatic carbocycles. The number of aromatic nitrogens is 4. The molecule has 0 aliphatic carbocycles. The molecule has 0 saturated heterocycles. The van der Waals surface area contributed by atoms with E-state index in [2.05, 4.69) is 327 Å². The predicted molar refractivity (Wildman–Crippen MR) is 488 cm³/mol. The van der Waals surface area contributed by atoms with E-state index in [1.165, 1.54) is 79.7 Å². The highest BCUT2D eigenvalue weighted by atomic mass is 19.4. The van der Waals surface area contributed by atoms with Crippen LogP contribution in [0.25, 0.3) is 10.9 Å². The summed E-state index contributed by atoms with van der Waals surface area (Å²) < 4.78 is 82.0. The minimum Gasteiger partial charge on any atom is -0.406 e. The van der Waals surface area contributed by atoms with Crippen molar-refractivity contribution >= 4 is 10.9 Å². The van der Waals surface area contributed by atoms with Crippen LogP contribution in [0.4, 0.5) is 26.3 Å². The average Bonchev–Trinajstić information content (AvgIpc) is 0.804. The van der Waals surface area contributed by atoms with Crippen molar-refractivity contribution in [3.8, 4) is 5.75 Å². The van der Waals surface area contributed by atoms with E-state index in [4.69, 9.17) is 9.72 Å². The van der Waals surface area contributed by atoms with Crippen molar-refractivity contribution < 1.29 is 35.8 Å². The molecular formula is C103H152F6N4O2. The molecule has 0 spiro atoms. The number of benzene rings is 6. The lowest BCUT2D eigenvalue weighted by atomic mass is 9.86. The third-order valence-electron chi connectivity index (χ3n) is 17.2. The number of fused-ring (bicyclic) bond motifs is 1. The number of alkyl halides is 6. The van der Waals surface area contributed by atoms with Gasteiger partial charge in [-0.25, -0.2) is 0 Å². The molecule has 10 aromatic rings. The van der Waals surface area contributed by atoms with Crippen molar-refractivity contribution in [2.45, 2.75) is 326 Å². The second-order valence-electron chi connectivity index (χ2n) is 37.7. The topological polar surface area (TPSA) is 70.0 Å². The number of hydrogen-bond donors (Lipinski definition) is 0. The Bertz CT molecular complexity index is 3920. The first-order valence-electron chi connectivity index (χ1n) is 38.5. The van der Waals surface area contributed by atoms with Crippen molar-refractivity contribution in [2.75, 3.05) is 0 Å². The quantitative estimate of drug-likeness (QED) is 0.164. The lowest BCUT2D eigenvalue weighted by Gasteiger charge is -2.20. The highest BCUT2D eigenvalue weighted by Crippen LogP contribution is 2.34. The fourth-order valence-electron chi connectivity index (χ4n) is 9.75. The first-order chi connectivity index (χ1) is 50.4. The molecule has 0 N–H and O–H groups in total. The third kappa shape index (κ3) is 45.6. The average molecular weight is 1590 g/mol. The molecular weight excluding hydrogens is 1440 g/mol. The summed E-state index contributed by atoms with van der Waals surface area (Å²) in [6.07, 6.45) is -3.08. The fraction of sp³-hybridized carbons (Fsp3) is 0.476. The van der Waals surface area contributed by atoms with Crippen LogP contribution in [0.15, 0.2) is 213 Å². The fourth-order valence-corrected chi connectivity index (χ4v) is 9.75. The lowest BCUT2D eigenvalue weighted by Crippen LogP contribution is -2.18. The number of halogens is 6. The van der Waals surface area contributed by atoms with Gasteiger partial charge in [-0.15, -0.1) is 13.2 Å². The molecule has 0 saturated carbocycles. The van der Waals surface area contributed by atoms with Crippen LogP contribution >= 0.6 is 0 Å². The normalized spacial score (nSPS) is 11.6. The molecule has 6 nitrogen and oxygen atoms in total. The maximum Gasteiger partial charge on any atom is 0.573 e. The molecule has 115 heavy (non-hydrogen) atoms. The second kappa shape index (κ2) is 47.1. The van der Waals surface area contributed by atoms with Crippen LogP contribution in [-0.2, 0) is 60.8 Å². The van der Waals surface area contributed by atoms with E-state index < -0.39 is 18.1 Å². The number of aryl methyl sites for hydroxylation is 6. The summed E-state index contributed by atoms with van der Waals surface area (Å²) in [6, 6.07) is 62.3. The van der Waals surface area contributed by atoms with Crippen LogP contribution in [0, 0.1) is 41.5 Å². The van der Waals surface area contributed by atoms with Gasteiger partial charge in [-0.1, -0.05) is 359 Å². The first kappa shape index (κ1) is 111. The lowest BCUT2D eigenvalue weighted by molar-refractivity contribution is -0.274. The zero-order valence-electron chi connectivity index (χ0n) is 73.8. The minimum absolute atomic E-state index is 0. The van der Waals surface area contributed by atoms with Gasteiger partial charge >= 0.3 is 12.5 Å². The maximum absolute atomic E-state index is 12.4. The summed E-state index contributed by atoms with van der Waals surface area (Å²) >= 11 is 0. The molecule has 12 heteroatoms. The van der Waals surface area contributed by atoms with E-state index in [0.29, 0.717) is 12.2 Å². The number of hydrogen-bond acceptors (Lipinski definition) is 6. The van der Waals surface area contributed by atoms with E-state index in [-0.39, 0.29) is 84.4 Å². The third-order valence-corrected chi connectivity index (χ3v) is 17.2. The van der Waals surface area contributed by atoms with Crippen LogP contribution in [0.5, 0.6) is 5.75 Å². The van der Waals surface area contributed by atoms with Crippen molar-refractivity contribution in [2.24, 2.45) is 0 Å². The van der Waals surface area contributed by atoms with Gasteiger partial charge in [0.05, 0.1) is 23.3 Å². The molecule has 0 aliphatic heterocycles. The summed E-state index contributed by atoms with van der Waals surface area (Å²) in [5.74, 6) is -0.185. The molecule has 0 atom stereocenters. The molecule has 638 valence electrons. The summed E-state index contributed by atoms with van der Waals surface area (Å²) in [5, 5.41) is 1.23. The van der Waals surface area contributed by atoms with Crippen molar-refractivity contribution in [1.82, 2.24) is 19.9 Å². The molecule has 0 fully saturated rings. The second-order valence-corrected chi connectivity index (χ2v) is 37.7. The zero-order valence-corrected chi connectivity index (χ0v) is 73.8. The van der Waals surface area contributed by atoms with Gasteiger partial charge in [0.2, 0.25) is 0 Å². The Morgan fingerprint density at radius 1 is 0.296 bits per heavy atom. The number of para-hydroxylation sites is 1. The molecule has 4 aromatic heterocycles. The minimum atomic E-state index is -4.62. The summed E-state index contributed by atoms with van der Waals surface area (Å²) in [5.41, 5.74) is 19.4. The van der Waals surface area contributed by atoms with Gasteiger partial charge in [-0.2, -0.15) is 13.2 Å². The van der Waals surface area contributed by atoms with Crippen LogP contribution in [-0.4, -0.2) is 31.9 Å². The van der Waals surface area contributed by atoms with Gasteiger partial charge in [0.15, 0.2) is 0 Å². The van der Waals surface area contributed by atoms with E-state index in [1.807, 2.05) is 85.3 Å². The molecule has 4 heterocycles. The standard InChI is InChI=1S/C14H17N.C11H13F3O.C11H13F3.C11H16O.2C11H16.3C10H15N.4CH4/c1-10-6-5-7-11-8-9-12(14(2,3)4)15-13(10)11;1-10(2,3)8-4-6-9(7-5-8)15-11(12,13)14;1-10(2,3)8-5-4-6-9(7-8)11(12,13)14;1-11(2,3)12-9-10-7-5-4-6-8-10;2*1-9-5-7-10(8-6-9)11(2,3)4;1-8-5-6-9(7-11-8)10(2,3)4;2*1-8-5-6-9(11-7-8)10(2,3)4;;;;/h5-9H,1-4H3;4-7H,1-3H3;4-7H,1-3H3;4-8H,9H2,1-3H3;2*5-8H,1-4H3;3*5-7H,1-4H3;4*1H4. The van der Waals surface area contributed by atoms with E-state index >= 15 is 0 Å². The Kier molecular flexibility index (Phi) is 45.3. The molecule has 0 unspecified atom stereocenters. The Morgan fingerprint density at radius 2 is 0.652 bits per heavy atom. The van der Waals surface area contributed by atoms with Gasteiger partial charge in [-0.05, 0) is 182 Å². The van der Waals surface area contributed by atoms with E-state index in [9.17, 15) is 26.3 Å². The monoisotopic (exact) mass is 1590 g/mol. The SMILES string of the molecule is C.C.C.C.CC(C)(C)OCc1ccccc1.CC(C)(C)c1ccc(OC(F)(F)F)cc1.CC(C)(C)c1cccc(C(F)(F)F)c1.Cc1ccc(C(C)(C)C)cc1.Cc1ccc(C(C)(C)C)cc1.Cc1ccc(C(C)(C)C)cn1.Cc1ccc(C(C)(C)C)nc1.Cc1ccc(C(C)(C)C)nc1.Cc1cccc2ccc(C(C)(C)C)nc12. The van der Waals surface area contributed by atoms with E-state index in [0.717, 1.165) is 39.9 Å². The number of rotatable bonds is 3. The summed E-state index contributed by atoms with van der Waals surface area (Å²) in [7, 11) is 0. The van der Waals surface area contributed by atoms with E-state index in [1.54, 1.807) is 18.2 Å². The number of pyridine rings is 4. The van der Waals surface area contributed by atoms with Crippen LogP contribution in [0.2, 0.25) is 0 Å². The largest absolute Gasteiger partial charge is 0.573 e. The van der Waals surface area contributed by atoms with Gasteiger partial charge in [0, 0.05) is 63.0 Å². The Hall–Kier alpha value is -8.48. The smallest absolute Gasteiger partial charge is 0.406 e. The predicted octanol–water partition coefficient (Wildman–Crippen LogP) is 31.9. The van der Waals surface area contributed by atoms with Gasteiger partial charge in [0.1, 0.15) is 5.75 Å². The highest BCUT2D eigenvalue weighted by molar-refractivity contribution is 5.81. The Balaban J connectivity index is -0.00000123. The number of nitrogens with zero attached hydrogens (tertiary/aromatic N) is 4. The summed E-state index contributed by atoms with van der Waals surface area (Å²) in [4.78, 5) is 17.7. The van der Waals surface area contributed by atoms with Crippen LogP contribution in [0.1, 0.15) is 306 Å². The molecule has 0 aliphatic rings. The Morgan fingerprint density at radius 3 is 0.983 bits per heavy atom. The summed E-state index contributed by atoms with van der Waals surface area (Å²) in [6.45, 7) is 70.6. The molecule has 0 amide bonds. The van der Waals surface area contributed by atoms with Crippen molar-refractivity contribution in [3.05, 3.63) is 302 Å². The van der Waals surface area contributed by atoms with Crippen molar-refractivity contribution in [1.29, 1.82) is 0 Å². The zero-order chi connectivity index (χ0) is 85.2. The van der Waals surface area contributed by atoms with Gasteiger partial charge in [-0.3, -0.25) is 19.9 Å². The molecule has 10 rings (SSSR count). The highest BCUT2D eigenvalue weighted by Gasteiger charge is 2.32. The van der Waals surface area contributed by atoms with Crippen LogP contribution in [0.3, 0.4) is 0 Å². The first-order valence-corrected chi connectivity index (χ1v) is 38.5. The molecule has 0 radical (unpaired) electrons. The Labute approximate surface area is 697 Å². The van der Waals surface area contributed by atoms with Crippen molar-refractivity contribution in [3.63, 3.8) is 0 Å². The van der Waals surface area contributed by atoms with Gasteiger partial charge in [0.25, 0.3) is 0 Å². The van der Waals surface area contributed by atoms with Crippen LogP contribution < -0.4 is 4.74 Å². The number of ether oxygens (including phenoxy) is 2. The maximum atomic E-state index is 12.4. The van der Waals surface area contributed by atoms with Gasteiger partial charge < -0.3 is 9.47 Å².